The summed E-state index contributed by atoms with van der Waals surface area (Å²) in [6.45, 7) is 0. The summed E-state index contributed by atoms with van der Waals surface area (Å²) in [5.41, 5.74) is 1.05. The highest BCUT2D eigenvalue weighted by Gasteiger charge is 1.86. The van der Waals surface area contributed by atoms with Crippen LogP contribution in [0.4, 0.5) is 5.69 Å². The minimum absolute atomic E-state index is 0. The van der Waals surface area contributed by atoms with Crippen LogP contribution in [-0.2, 0) is 7.05 Å². The molecule has 1 aromatic rings. The SMILES string of the molecule is CNc1cnn(C)c1.Cl.Cl. The lowest BCUT2D eigenvalue weighted by molar-refractivity contribution is 0.768. The van der Waals surface area contributed by atoms with Gasteiger partial charge in [0.15, 0.2) is 0 Å². The monoisotopic (exact) mass is 183 g/mol. The van der Waals surface area contributed by atoms with E-state index in [0.29, 0.717) is 0 Å². The van der Waals surface area contributed by atoms with Gasteiger partial charge in [0.1, 0.15) is 0 Å². The third kappa shape index (κ3) is 2.94. The van der Waals surface area contributed by atoms with Crippen LogP contribution in [0.2, 0.25) is 0 Å². The van der Waals surface area contributed by atoms with Crippen LogP contribution in [0.3, 0.4) is 0 Å². The molecule has 0 radical (unpaired) electrons. The van der Waals surface area contributed by atoms with Gasteiger partial charge >= 0.3 is 0 Å². The van der Waals surface area contributed by atoms with Gasteiger partial charge in [-0.05, 0) is 0 Å². The molecule has 0 atom stereocenters. The average molecular weight is 184 g/mol. The van der Waals surface area contributed by atoms with Crippen LogP contribution in [0.1, 0.15) is 0 Å². The lowest BCUT2D eigenvalue weighted by atomic mass is 10.6. The van der Waals surface area contributed by atoms with Crippen molar-refractivity contribution < 1.29 is 0 Å². The molecule has 0 unspecified atom stereocenters. The first-order chi connectivity index (χ1) is 3.83. The first-order valence-corrected chi connectivity index (χ1v) is 2.49. The minimum Gasteiger partial charge on any atom is -0.386 e. The highest BCUT2D eigenvalue weighted by Crippen LogP contribution is 1.99. The lowest BCUT2D eigenvalue weighted by Crippen LogP contribution is -1.85. The van der Waals surface area contributed by atoms with Crippen molar-refractivity contribution in [1.29, 1.82) is 0 Å². The smallest absolute Gasteiger partial charge is 0.0723 e. The van der Waals surface area contributed by atoms with Gasteiger partial charge < -0.3 is 5.32 Å². The Labute approximate surface area is 72.6 Å². The van der Waals surface area contributed by atoms with Crippen LogP contribution in [-0.4, -0.2) is 16.8 Å². The van der Waals surface area contributed by atoms with Crippen LogP contribution >= 0.6 is 24.8 Å². The van der Waals surface area contributed by atoms with Crippen molar-refractivity contribution in [1.82, 2.24) is 9.78 Å². The first-order valence-electron chi connectivity index (χ1n) is 2.49. The Morgan fingerprint density at radius 3 is 2.30 bits per heavy atom. The summed E-state index contributed by atoms with van der Waals surface area (Å²) >= 11 is 0. The Balaban J connectivity index is 0. The van der Waals surface area contributed by atoms with Gasteiger partial charge in [0.05, 0.1) is 11.9 Å². The number of aryl methyl sites for hydroxylation is 1. The molecule has 0 saturated carbocycles. The van der Waals surface area contributed by atoms with Gasteiger partial charge in [-0.15, -0.1) is 24.8 Å². The highest BCUT2D eigenvalue weighted by molar-refractivity contribution is 5.85. The number of halogens is 2. The predicted octanol–water partition coefficient (Wildman–Crippen LogP) is 1.31. The van der Waals surface area contributed by atoms with E-state index in [2.05, 4.69) is 10.4 Å². The molecule has 1 N–H and O–H groups in total. The molecular weight excluding hydrogens is 173 g/mol. The fraction of sp³-hybridized carbons (Fsp3) is 0.400. The normalized spacial score (nSPS) is 7.40. The third-order valence-corrected chi connectivity index (χ3v) is 0.994. The summed E-state index contributed by atoms with van der Waals surface area (Å²) in [5, 5.41) is 6.91. The molecule has 10 heavy (non-hydrogen) atoms. The summed E-state index contributed by atoms with van der Waals surface area (Å²) in [4.78, 5) is 0. The third-order valence-electron chi connectivity index (χ3n) is 0.994. The zero-order chi connectivity index (χ0) is 5.98. The summed E-state index contributed by atoms with van der Waals surface area (Å²) in [6, 6.07) is 0. The molecule has 0 bridgehead atoms. The average Bonchev–Trinajstić information content (AvgIpc) is 2.14. The molecule has 0 fully saturated rings. The zero-order valence-electron chi connectivity index (χ0n) is 5.87. The Bertz CT molecular complexity index is 175. The Morgan fingerprint density at radius 1 is 1.50 bits per heavy atom. The van der Waals surface area contributed by atoms with Crippen molar-refractivity contribution in [3.63, 3.8) is 0 Å². The Hall–Kier alpha value is -0.410. The van der Waals surface area contributed by atoms with Crippen LogP contribution < -0.4 is 5.32 Å². The maximum atomic E-state index is 3.94. The van der Waals surface area contributed by atoms with Gasteiger partial charge in [-0.2, -0.15) is 5.10 Å². The van der Waals surface area contributed by atoms with Gasteiger partial charge in [0.25, 0.3) is 0 Å². The molecule has 3 nitrogen and oxygen atoms in total. The molecule has 0 aliphatic heterocycles. The van der Waals surface area contributed by atoms with Gasteiger partial charge in [0.2, 0.25) is 0 Å². The highest BCUT2D eigenvalue weighted by atomic mass is 35.5. The fourth-order valence-corrected chi connectivity index (χ4v) is 0.550. The summed E-state index contributed by atoms with van der Waals surface area (Å²) in [5.74, 6) is 0. The van der Waals surface area contributed by atoms with E-state index < -0.39 is 0 Å². The summed E-state index contributed by atoms with van der Waals surface area (Å²) in [6.07, 6.45) is 3.69. The van der Waals surface area contributed by atoms with Crippen LogP contribution in [0.5, 0.6) is 0 Å². The van der Waals surface area contributed by atoms with Crippen molar-refractivity contribution in [2.24, 2.45) is 7.05 Å². The molecule has 0 amide bonds. The second kappa shape index (κ2) is 5.38. The number of rotatable bonds is 1. The molecule has 0 aliphatic carbocycles. The van der Waals surface area contributed by atoms with Gasteiger partial charge in [-0.1, -0.05) is 0 Å². The van der Waals surface area contributed by atoms with E-state index in [1.165, 1.54) is 0 Å². The first kappa shape index (κ1) is 12.3. The van der Waals surface area contributed by atoms with Crippen molar-refractivity contribution in [2.45, 2.75) is 0 Å². The molecule has 0 aliphatic rings. The van der Waals surface area contributed by atoms with E-state index >= 15 is 0 Å². The van der Waals surface area contributed by atoms with E-state index in [0.717, 1.165) is 5.69 Å². The maximum absolute atomic E-state index is 3.94. The van der Waals surface area contributed by atoms with Gasteiger partial charge in [-0.3, -0.25) is 4.68 Å². The molecule has 1 heterocycles. The van der Waals surface area contributed by atoms with Crippen LogP contribution in [0.15, 0.2) is 12.4 Å². The topological polar surface area (TPSA) is 29.9 Å². The second-order valence-electron chi connectivity index (χ2n) is 1.65. The summed E-state index contributed by atoms with van der Waals surface area (Å²) in [7, 11) is 3.76. The number of anilines is 1. The van der Waals surface area contributed by atoms with Crippen molar-refractivity contribution >= 4 is 30.5 Å². The van der Waals surface area contributed by atoms with E-state index in [-0.39, 0.29) is 24.8 Å². The molecular formula is C5H11Cl2N3. The van der Waals surface area contributed by atoms with Gasteiger partial charge in [-0.25, -0.2) is 0 Å². The lowest BCUT2D eigenvalue weighted by Gasteiger charge is -1.86. The van der Waals surface area contributed by atoms with E-state index in [4.69, 9.17) is 0 Å². The number of hydrogen-bond donors (Lipinski definition) is 1. The molecule has 5 heteroatoms. The predicted molar refractivity (Wildman–Crippen MR) is 47.3 cm³/mol. The van der Waals surface area contributed by atoms with E-state index in [9.17, 15) is 0 Å². The fourth-order valence-electron chi connectivity index (χ4n) is 0.550. The molecule has 1 rings (SSSR count). The quantitative estimate of drug-likeness (QED) is 0.712. The number of nitrogens with zero attached hydrogens (tertiary/aromatic N) is 2. The summed E-state index contributed by atoms with van der Waals surface area (Å²) < 4.78 is 1.76. The molecule has 60 valence electrons. The van der Waals surface area contributed by atoms with Crippen molar-refractivity contribution in [2.75, 3.05) is 12.4 Å². The molecule has 0 spiro atoms. The largest absolute Gasteiger partial charge is 0.386 e. The van der Waals surface area contributed by atoms with E-state index in [1.54, 1.807) is 10.9 Å². The number of hydrogen-bond acceptors (Lipinski definition) is 2. The van der Waals surface area contributed by atoms with Crippen LogP contribution in [0.25, 0.3) is 0 Å². The molecule has 1 aromatic heterocycles. The second-order valence-corrected chi connectivity index (χ2v) is 1.65. The Morgan fingerprint density at radius 2 is 2.10 bits per heavy atom. The van der Waals surface area contributed by atoms with Gasteiger partial charge in [0, 0.05) is 20.3 Å². The van der Waals surface area contributed by atoms with Crippen molar-refractivity contribution in [3.8, 4) is 0 Å². The maximum Gasteiger partial charge on any atom is 0.0723 e. The Kier molecular flexibility index (Phi) is 6.61. The zero-order valence-corrected chi connectivity index (χ0v) is 7.50. The molecule has 0 saturated heterocycles. The number of aromatic nitrogens is 2. The number of nitrogens with one attached hydrogen (secondary N) is 1. The minimum atomic E-state index is 0. The van der Waals surface area contributed by atoms with E-state index in [1.807, 2.05) is 20.3 Å². The molecule has 0 aromatic carbocycles. The van der Waals surface area contributed by atoms with Crippen molar-refractivity contribution in [3.05, 3.63) is 12.4 Å². The standard InChI is InChI=1S/C5H9N3.2ClH/c1-6-5-3-7-8(2)4-5;;/h3-4,6H,1-2H3;2*1H. The van der Waals surface area contributed by atoms with Crippen LogP contribution in [0, 0.1) is 0 Å².